The smallest absolute Gasteiger partial charge is 0.303 e. The van der Waals surface area contributed by atoms with Crippen molar-refractivity contribution in [3.8, 4) is 0 Å². The first kappa shape index (κ1) is 23.7. The minimum absolute atomic E-state index is 0.0178. The number of rotatable bonds is 8. The molecule has 0 unspecified atom stereocenters. The van der Waals surface area contributed by atoms with Crippen molar-refractivity contribution in [3.63, 3.8) is 0 Å². The third-order valence-electron chi connectivity index (χ3n) is 4.88. The second kappa shape index (κ2) is 10.1. The fraction of sp³-hybridized carbons (Fsp3) is 0.333. The molecule has 11 heteroatoms. The van der Waals surface area contributed by atoms with E-state index in [4.69, 9.17) is 5.11 Å². The van der Waals surface area contributed by atoms with Gasteiger partial charge in [-0.05, 0) is 55.2 Å². The molecule has 3 rings (SSSR count). The summed E-state index contributed by atoms with van der Waals surface area (Å²) in [7, 11) is -7.86. The molecule has 0 bridgehead atoms. The van der Waals surface area contributed by atoms with Crippen LogP contribution in [0.3, 0.4) is 0 Å². The summed E-state index contributed by atoms with van der Waals surface area (Å²) in [6.07, 6.45) is 3.56. The van der Waals surface area contributed by atoms with Crippen molar-refractivity contribution in [3.05, 3.63) is 54.1 Å². The molecule has 0 amide bonds. The van der Waals surface area contributed by atoms with Crippen molar-refractivity contribution in [2.24, 2.45) is 4.99 Å². The van der Waals surface area contributed by atoms with E-state index in [0.717, 1.165) is 19.3 Å². The van der Waals surface area contributed by atoms with Crippen LogP contribution >= 0.6 is 0 Å². The van der Waals surface area contributed by atoms with Crippen LogP contribution < -0.4 is 9.44 Å². The number of aliphatic imine (C=N–C) groups is 1. The Balaban J connectivity index is 1.74. The number of carboxylic acid groups (broad SMARTS) is 1. The highest BCUT2D eigenvalue weighted by Crippen LogP contribution is 2.21. The number of carbonyl (C=O) groups is 1. The molecule has 1 heterocycles. The summed E-state index contributed by atoms with van der Waals surface area (Å²) < 4.78 is 55.8. The first-order valence-corrected chi connectivity index (χ1v) is 13.1. The van der Waals surface area contributed by atoms with Crippen molar-refractivity contribution in [2.75, 3.05) is 11.3 Å². The van der Waals surface area contributed by atoms with Crippen LogP contribution in [0.4, 0.5) is 5.69 Å². The van der Waals surface area contributed by atoms with Gasteiger partial charge in [0.05, 0.1) is 15.5 Å². The maximum absolute atomic E-state index is 12.7. The van der Waals surface area contributed by atoms with Crippen LogP contribution in [0.5, 0.6) is 0 Å². The highest BCUT2D eigenvalue weighted by molar-refractivity contribution is 7.92. The summed E-state index contributed by atoms with van der Waals surface area (Å²) in [6, 6.07) is 11.4. The van der Waals surface area contributed by atoms with Gasteiger partial charge in [0.2, 0.25) is 0 Å². The molecule has 172 valence electrons. The monoisotopic (exact) mass is 479 g/mol. The first-order chi connectivity index (χ1) is 15.2. The topological polar surface area (TPSA) is 142 Å². The molecule has 0 aliphatic carbocycles. The molecule has 0 radical (unpaired) electrons. The van der Waals surface area contributed by atoms with Crippen LogP contribution in [0.1, 0.15) is 37.7 Å². The molecule has 0 saturated heterocycles. The molecule has 0 spiro atoms. The van der Waals surface area contributed by atoms with Gasteiger partial charge in [-0.3, -0.25) is 19.2 Å². The Labute approximate surface area is 187 Å². The van der Waals surface area contributed by atoms with Crippen molar-refractivity contribution in [1.82, 2.24) is 4.72 Å². The zero-order chi connectivity index (χ0) is 23.2. The Bertz CT molecular complexity index is 1210. The second-order valence-corrected chi connectivity index (χ2v) is 10.8. The quantitative estimate of drug-likeness (QED) is 0.531. The van der Waals surface area contributed by atoms with Gasteiger partial charge in [0.25, 0.3) is 20.0 Å². The van der Waals surface area contributed by atoms with Crippen molar-refractivity contribution >= 4 is 37.5 Å². The van der Waals surface area contributed by atoms with E-state index in [0.29, 0.717) is 30.8 Å². The maximum atomic E-state index is 12.7. The number of aryl methyl sites for hydroxylation is 1. The van der Waals surface area contributed by atoms with Gasteiger partial charge in [-0.15, -0.1) is 0 Å². The van der Waals surface area contributed by atoms with E-state index < -0.39 is 26.0 Å². The fourth-order valence-electron chi connectivity index (χ4n) is 3.20. The Morgan fingerprint density at radius 3 is 2.34 bits per heavy atom. The minimum Gasteiger partial charge on any atom is -0.481 e. The molecule has 32 heavy (non-hydrogen) atoms. The predicted molar refractivity (Wildman–Crippen MR) is 121 cm³/mol. The number of nitrogens with zero attached hydrogens (tertiary/aromatic N) is 1. The van der Waals surface area contributed by atoms with Gasteiger partial charge in [0.1, 0.15) is 5.84 Å². The van der Waals surface area contributed by atoms with Crippen molar-refractivity contribution < 1.29 is 26.7 Å². The Hall–Kier alpha value is -2.92. The Morgan fingerprint density at radius 2 is 1.62 bits per heavy atom. The minimum atomic E-state index is -3.96. The van der Waals surface area contributed by atoms with Crippen LogP contribution in [0.15, 0.2) is 63.3 Å². The maximum Gasteiger partial charge on any atom is 0.303 e. The summed E-state index contributed by atoms with van der Waals surface area (Å²) >= 11 is 0. The number of aliphatic carboxylic acids is 1. The lowest BCUT2D eigenvalue weighted by molar-refractivity contribution is -0.136. The normalized spacial score (nSPS) is 14.8. The fourth-order valence-corrected chi connectivity index (χ4v) is 5.38. The number of carboxylic acids is 1. The van der Waals surface area contributed by atoms with E-state index >= 15 is 0 Å². The SMILES string of the molecule is O=C(O)CCc1ccc(S(=O)(=O)Nc2cccc(S(=O)(=O)NC3=NCCCCC3)c2)cc1. The van der Waals surface area contributed by atoms with E-state index in [-0.39, 0.29) is 21.9 Å². The number of hydrogen-bond acceptors (Lipinski definition) is 6. The Morgan fingerprint density at radius 1 is 0.906 bits per heavy atom. The summed E-state index contributed by atoms with van der Waals surface area (Å²) in [4.78, 5) is 14.8. The van der Waals surface area contributed by atoms with Crippen LogP contribution in [0.25, 0.3) is 0 Å². The van der Waals surface area contributed by atoms with E-state index in [1.165, 1.54) is 36.4 Å². The number of benzene rings is 2. The number of amidine groups is 1. The molecule has 0 atom stereocenters. The highest BCUT2D eigenvalue weighted by atomic mass is 32.2. The first-order valence-electron chi connectivity index (χ1n) is 10.2. The summed E-state index contributed by atoms with van der Waals surface area (Å²) in [5.41, 5.74) is 0.803. The third kappa shape index (κ3) is 6.54. The molecule has 2 aromatic rings. The molecule has 0 saturated carbocycles. The van der Waals surface area contributed by atoms with Crippen LogP contribution in [-0.4, -0.2) is 40.3 Å². The lowest BCUT2D eigenvalue weighted by Crippen LogP contribution is -2.30. The van der Waals surface area contributed by atoms with E-state index in [1.54, 1.807) is 12.1 Å². The molecule has 1 aliphatic rings. The lowest BCUT2D eigenvalue weighted by Gasteiger charge is -2.12. The molecule has 3 N–H and O–H groups in total. The number of nitrogens with one attached hydrogen (secondary N) is 2. The molecule has 2 aromatic carbocycles. The van der Waals surface area contributed by atoms with E-state index in [2.05, 4.69) is 14.4 Å². The van der Waals surface area contributed by atoms with Crippen LogP contribution in [0, 0.1) is 0 Å². The molecular formula is C21H25N3O6S2. The molecule has 0 fully saturated rings. The largest absolute Gasteiger partial charge is 0.481 e. The predicted octanol–water partition coefficient (Wildman–Crippen LogP) is 2.76. The average Bonchev–Trinajstić information content (AvgIpc) is 3.00. The van der Waals surface area contributed by atoms with Crippen molar-refractivity contribution in [1.29, 1.82) is 0 Å². The molecule has 1 aliphatic heterocycles. The van der Waals surface area contributed by atoms with Gasteiger partial charge in [-0.2, -0.15) is 0 Å². The zero-order valence-electron chi connectivity index (χ0n) is 17.3. The third-order valence-corrected chi connectivity index (χ3v) is 7.66. The van der Waals surface area contributed by atoms with Gasteiger partial charge >= 0.3 is 5.97 Å². The lowest BCUT2D eigenvalue weighted by atomic mass is 10.1. The second-order valence-electron chi connectivity index (χ2n) is 7.42. The van der Waals surface area contributed by atoms with Gasteiger partial charge < -0.3 is 5.11 Å². The van der Waals surface area contributed by atoms with Crippen LogP contribution in [-0.2, 0) is 31.3 Å². The van der Waals surface area contributed by atoms with Gasteiger partial charge in [0.15, 0.2) is 0 Å². The number of sulfonamides is 2. The van der Waals surface area contributed by atoms with Gasteiger partial charge in [-0.1, -0.05) is 24.6 Å². The van der Waals surface area contributed by atoms with Gasteiger partial charge in [-0.25, -0.2) is 16.8 Å². The Kier molecular flexibility index (Phi) is 7.52. The number of hydrogen-bond donors (Lipinski definition) is 3. The summed E-state index contributed by atoms with van der Waals surface area (Å²) in [5, 5.41) is 8.75. The van der Waals surface area contributed by atoms with Crippen molar-refractivity contribution in [2.45, 2.75) is 48.3 Å². The number of anilines is 1. The van der Waals surface area contributed by atoms with Gasteiger partial charge in [0, 0.05) is 19.4 Å². The van der Waals surface area contributed by atoms with Crippen LogP contribution in [0.2, 0.25) is 0 Å². The molecule has 0 aromatic heterocycles. The summed E-state index contributed by atoms with van der Waals surface area (Å²) in [5.74, 6) is -0.518. The summed E-state index contributed by atoms with van der Waals surface area (Å²) in [6.45, 7) is 0.576. The molecule has 9 nitrogen and oxygen atoms in total. The standard InChI is InChI=1S/C21H25N3O6S2/c25-21(26)13-10-16-8-11-18(12-9-16)31(27,28)23-17-5-4-6-19(15-17)32(29,30)24-20-7-2-1-3-14-22-20/h4-6,8-9,11-12,15,23H,1-3,7,10,13-14H2,(H,22,24)(H,25,26). The van der Waals surface area contributed by atoms with E-state index in [9.17, 15) is 21.6 Å². The molecular weight excluding hydrogens is 454 g/mol. The highest BCUT2D eigenvalue weighted by Gasteiger charge is 2.19. The van der Waals surface area contributed by atoms with E-state index in [1.807, 2.05) is 0 Å². The zero-order valence-corrected chi connectivity index (χ0v) is 19.0. The average molecular weight is 480 g/mol.